The molecule has 1 fully saturated rings. The molecular formula is C50H72N8O11. The lowest BCUT2D eigenvalue weighted by atomic mass is 9.94. The molecule has 4 rings (SSSR count). The maximum absolute atomic E-state index is 14.1. The number of rotatable bonds is 21. The summed E-state index contributed by atoms with van der Waals surface area (Å²) < 4.78 is 5.75. The van der Waals surface area contributed by atoms with Crippen molar-refractivity contribution in [2.75, 3.05) is 62.5 Å². The summed E-state index contributed by atoms with van der Waals surface area (Å²) in [6.45, 7) is 7.78. The lowest BCUT2D eigenvalue weighted by Gasteiger charge is -2.38. The Morgan fingerprint density at radius 3 is 1.70 bits per heavy atom. The molecule has 19 nitrogen and oxygen atoms in total. The van der Waals surface area contributed by atoms with Gasteiger partial charge in [0.2, 0.25) is 41.4 Å². The molecule has 0 aromatic heterocycles. The van der Waals surface area contributed by atoms with Gasteiger partial charge in [0.25, 0.3) is 0 Å². The Morgan fingerprint density at radius 2 is 1.17 bits per heavy atom. The van der Waals surface area contributed by atoms with Gasteiger partial charge >= 0.3 is 12.1 Å². The van der Waals surface area contributed by atoms with E-state index in [0.29, 0.717) is 12.8 Å². The van der Waals surface area contributed by atoms with Crippen molar-refractivity contribution in [1.29, 1.82) is 0 Å². The van der Waals surface area contributed by atoms with Crippen molar-refractivity contribution in [3.05, 3.63) is 59.7 Å². The van der Waals surface area contributed by atoms with E-state index in [9.17, 15) is 48.3 Å². The van der Waals surface area contributed by atoms with Crippen LogP contribution in [0.2, 0.25) is 0 Å². The molecule has 1 saturated carbocycles. The summed E-state index contributed by atoms with van der Waals surface area (Å²) in [5, 5.41) is 14.9. The first-order chi connectivity index (χ1) is 32.4. The second-order valence-electron chi connectivity index (χ2n) is 19.1. The van der Waals surface area contributed by atoms with Crippen LogP contribution in [-0.4, -0.2) is 187 Å². The van der Waals surface area contributed by atoms with E-state index in [-0.39, 0.29) is 30.8 Å². The van der Waals surface area contributed by atoms with Crippen LogP contribution < -0.4 is 10.6 Å². The van der Waals surface area contributed by atoms with Gasteiger partial charge < -0.3 is 45.0 Å². The van der Waals surface area contributed by atoms with Crippen LogP contribution in [0.15, 0.2) is 48.5 Å². The van der Waals surface area contributed by atoms with E-state index in [2.05, 4.69) is 10.6 Å². The number of carboxylic acids is 1. The lowest BCUT2D eigenvalue weighted by molar-refractivity contribution is -0.154. The van der Waals surface area contributed by atoms with Crippen molar-refractivity contribution in [3.8, 4) is 11.1 Å². The number of hydrogen-bond donors (Lipinski definition) is 3. The van der Waals surface area contributed by atoms with Crippen molar-refractivity contribution in [1.82, 2.24) is 40.0 Å². The van der Waals surface area contributed by atoms with Gasteiger partial charge in [0, 0.05) is 55.3 Å². The van der Waals surface area contributed by atoms with Gasteiger partial charge in [-0.25, -0.2) is 4.79 Å². The SMILES string of the molecule is CC(C)C[C@H](NC(=O)[C@H](C)N(C)C(=O)OCC1c2ccccc2-c2ccccc21)C(=O)N(C)CC(=O)N(C)[C@@H](C)C(=O)N[C@@H](C)C(=O)N(C)[C@H](C(=O)N(C)[C@@H](CC(=O)O)C(=O)N(C)C)C1CCCC1. The van der Waals surface area contributed by atoms with Crippen molar-refractivity contribution in [2.24, 2.45) is 11.8 Å². The third kappa shape index (κ3) is 13.4. The van der Waals surface area contributed by atoms with Crippen LogP contribution in [0.5, 0.6) is 0 Å². The number of fused-ring (bicyclic) bond motifs is 3. The smallest absolute Gasteiger partial charge is 0.410 e. The van der Waals surface area contributed by atoms with Gasteiger partial charge in [-0.15, -0.1) is 0 Å². The molecule has 3 N–H and O–H groups in total. The van der Waals surface area contributed by atoms with Crippen molar-refractivity contribution in [2.45, 2.75) is 115 Å². The van der Waals surface area contributed by atoms with Crippen LogP contribution in [-0.2, 0) is 43.1 Å². The molecule has 8 amide bonds. The molecule has 0 spiro atoms. The number of aliphatic carboxylic acids is 1. The average molecular weight is 961 g/mol. The number of carbonyl (C=O) groups is 9. The number of likely N-dealkylation sites (N-methyl/N-ethyl adjacent to an activating group) is 6. The number of nitrogens with zero attached hydrogens (tertiary/aromatic N) is 6. The quantitative estimate of drug-likeness (QED) is 0.165. The van der Waals surface area contributed by atoms with Gasteiger partial charge in [0.1, 0.15) is 42.9 Å². The molecule has 0 unspecified atom stereocenters. The van der Waals surface area contributed by atoms with Gasteiger partial charge in [-0.2, -0.15) is 0 Å². The molecule has 0 saturated heterocycles. The van der Waals surface area contributed by atoms with Gasteiger partial charge in [0.15, 0.2) is 0 Å². The van der Waals surface area contributed by atoms with Gasteiger partial charge in [-0.1, -0.05) is 75.2 Å². The monoisotopic (exact) mass is 961 g/mol. The summed E-state index contributed by atoms with van der Waals surface area (Å²) in [7, 11) is 9.93. The predicted octanol–water partition coefficient (Wildman–Crippen LogP) is 3.00. The largest absolute Gasteiger partial charge is 0.481 e. The zero-order chi connectivity index (χ0) is 51.6. The average Bonchev–Trinajstić information content (AvgIpc) is 3.96. The van der Waals surface area contributed by atoms with Crippen molar-refractivity contribution < 1.29 is 53.0 Å². The number of carboxylic acid groups (broad SMARTS) is 1. The van der Waals surface area contributed by atoms with Gasteiger partial charge in [-0.05, 0) is 74.1 Å². The molecule has 378 valence electrons. The zero-order valence-corrected chi connectivity index (χ0v) is 42.2. The Morgan fingerprint density at radius 1 is 0.652 bits per heavy atom. The molecular weight excluding hydrogens is 889 g/mol. The van der Waals surface area contributed by atoms with Gasteiger partial charge in [0.05, 0.1) is 13.0 Å². The first-order valence-corrected chi connectivity index (χ1v) is 23.5. The first kappa shape index (κ1) is 55.1. The highest BCUT2D eigenvalue weighted by Crippen LogP contribution is 2.44. The third-order valence-electron chi connectivity index (χ3n) is 13.5. The Kier molecular flexibility index (Phi) is 19.3. The van der Waals surface area contributed by atoms with Crippen LogP contribution in [0.25, 0.3) is 11.1 Å². The standard InChI is InChI=1S/C50H72N8O11/c1-29(2)25-39(52-45(63)32(5)56(10)50(68)69-28-38-36-23-17-15-21-34(36)35-22-16-18-24-37(35)38)47(65)54(8)27-41(59)55(9)31(4)44(62)51-30(3)46(64)58(12)43(33-19-13-14-20-33)49(67)57(11)40(26-42(60)61)48(66)53(6)7/h15-18,21-24,29-33,38-40,43H,13-14,19-20,25-28H2,1-12H3,(H,51,62)(H,52,63)(H,60,61)/t30-,31-,32-,39-,40-,43-/m0/s1. The summed E-state index contributed by atoms with van der Waals surface area (Å²) in [5.74, 6) is -6.03. The van der Waals surface area contributed by atoms with E-state index in [4.69, 9.17) is 4.74 Å². The molecule has 19 heteroatoms. The summed E-state index contributed by atoms with van der Waals surface area (Å²) in [4.78, 5) is 128. The summed E-state index contributed by atoms with van der Waals surface area (Å²) in [5.41, 5.74) is 4.25. The molecule has 2 aliphatic rings. The molecule has 0 heterocycles. The predicted molar refractivity (Wildman–Crippen MR) is 257 cm³/mol. The fourth-order valence-electron chi connectivity index (χ4n) is 9.08. The number of ether oxygens (including phenoxy) is 1. The Balaban J connectivity index is 1.34. The third-order valence-corrected chi connectivity index (χ3v) is 13.5. The Hall–Kier alpha value is -6.53. The lowest BCUT2D eigenvalue weighted by Crippen LogP contribution is -2.60. The molecule has 2 aliphatic carbocycles. The van der Waals surface area contributed by atoms with Crippen LogP contribution >= 0.6 is 0 Å². The fraction of sp³-hybridized carbons (Fsp3) is 0.580. The topological polar surface area (TPSA) is 227 Å². The number of nitrogens with one attached hydrogen (secondary N) is 2. The molecule has 0 bridgehead atoms. The second-order valence-corrected chi connectivity index (χ2v) is 19.1. The van der Waals surface area contributed by atoms with Crippen LogP contribution in [0.1, 0.15) is 90.2 Å². The Bertz CT molecular complexity index is 2180. The van der Waals surface area contributed by atoms with E-state index in [1.165, 1.54) is 84.8 Å². The maximum atomic E-state index is 14.1. The number of hydrogen-bond acceptors (Lipinski definition) is 10. The molecule has 0 aliphatic heterocycles. The normalized spacial score (nSPS) is 15.8. The first-order valence-electron chi connectivity index (χ1n) is 23.5. The summed E-state index contributed by atoms with van der Waals surface area (Å²) in [6.07, 6.45) is 1.76. The van der Waals surface area contributed by atoms with Crippen molar-refractivity contribution in [3.63, 3.8) is 0 Å². The van der Waals surface area contributed by atoms with Crippen LogP contribution in [0.4, 0.5) is 4.79 Å². The van der Waals surface area contributed by atoms with E-state index in [0.717, 1.165) is 49.8 Å². The molecule has 2 aromatic carbocycles. The highest BCUT2D eigenvalue weighted by Gasteiger charge is 2.43. The minimum absolute atomic E-state index is 0.0535. The van der Waals surface area contributed by atoms with E-state index in [1.54, 1.807) is 0 Å². The number of amides is 8. The van der Waals surface area contributed by atoms with E-state index >= 15 is 0 Å². The highest BCUT2D eigenvalue weighted by molar-refractivity contribution is 5.97. The molecule has 6 atom stereocenters. The minimum atomic E-state index is -1.31. The minimum Gasteiger partial charge on any atom is -0.481 e. The van der Waals surface area contributed by atoms with Crippen LogP contribution in [0, 0.1) is 11.8 Å². The summed E-state index contributed by atoms with van der Waals surface area (Å²) in [6, 6.07) is 9.17. The fourth-order valence-corrected chi connectivity index (χ4v) is 9.08. The van der Waals surface area contributed by atoms with Gasteiger partial charge in [-0.3, -0.25) is 43.3 Å². The second kappa shape index (κ2) is 24.2. The van der Waals surface area contributed by atoms with E-state index < -0.39 is 103 Å². The Labute approximate surface area is 405 Å². The highest BCUT2D eigenvalue weighted by atomic mass is 16.6. The molecule has 69 heavy (non-hydrogen) atoms. The van der Waals surface area contributed by atoms with E-state index in [1.807, 2.05) is 62.4 Å². The molecule has 2 aromatic rings. The molecule has 0 radical (unpaired) electrons. The summed E-state index contributed by atoms with van der Waals surface area (Å²) >= 11 is 0. The number of benzene rings is 2. The number of carbonyl (C=O) groups excluding carboxylic acids is 8. The van der Waals surface area contributed by atoms with Crippen molar-refractivity contribution >= 4 is 53.4 Å². The maximum Gasteiger partial charge on any atom is 0.410 e. The van der Waals surface area contributed by atoms with Crippen LogP contribution in [0.3, 0.4) is 0 Å². The zero-order valence-electron chi connectivity index (χ0n) is 42.2.